The topological polar surface area (TPSA) is 39.5 Å². The van der Waals surface area contributed by atoms with Crippen LogP contribution in [0.1, 0.15) is 17.1 Å². The molecule has 0 amide bonds. The van der Waals surface area contributed by atoms with Crippen LogP contribution in [-0.4, -0.2) is 40.3 Å². The van der Waals surface area contributed by atoms with Crippen LogP contribution in [0.15, 0.2) is 48.0 Å². The van der Waals surface area contributed by atoms with Gasteiger partial charge in [-0.3, -0.25) is 4.90 Å². The van der Waals surface area contributed by atoms with E-state index < -0.39 is 0 Å². The Morgan fingerprint density at radius 1 is 1.26 bits per heavy atom. The van der Waals surface area contributed by atoms with Crippen LogP contribution in [0.2, 0.25) is 0 Å². The molecule has 1 aromatic carbocycles. The van der Waals surface area contributed by atoms with Gasteiger partial charge in [-0.05, 0) is 30.0 Å². The molecule has 140 valence electrons. The highest BCUT2D eigenvalue weighted by Crippen LogP contribution is 2.36. The zero-order valence-corrected chi connectivity index (χ0v) is 16.2. The highest BCUT2D eigenvalue weighted by molar-refractivity contribution is 7.09. The normalized spacial score (nSPS) is 22.3. The van der Waals surface area contributed by atoms with Gasteiger partial charge >= 0.3 is 0 Å². The first-order valence-corrected chi connectivity index (χ1v) is 10.2. The molecule has 0 N–H and O–H groups in total. The summed E-state index contributed by atoms with van der Waals surface area (Å²) in [5.41, 5.74) is 2.17. The Balaban J connectivity index is 1.39. The fourth-order valence-corrected chi connectivity index (χ4v) is 4.95. The quantitative estimate of drug-likeness (QED) is 0.689. The minimum Gasteiger partial charge on any atom is -0.497 e. The summed E-state index contributed by atoms with van der Waals surface area (Å²) >= 11 is 1.83. The van der Waals surface area contributed by atoms with Gasteiger partial charge in [0.2, 0.25) is 0 Å². The number of ether oxygens (including phenoxy) is 2. The molecule has 0 radical (unpaired) electrons. The van der Waals surface area contributed by atoms with Crippen molar-refractivity contribution in [1.29, 1.82) is 0 Å². The van der Waals surface area contributed by atoms with Gasteiger partial charge in [-0.25, -0.2) is 4.98 Å². The maximum atomic E-state index is 6.35. The van der Waals surface area contributed by atoms with Crippen molar-refractivity contribution in [3.8, 4) is 17.0 Å². The molecule has 0 unspecified atom stereocenters. The second-order valence-electron chi connectivity index (χ2n) is 7.39. The molecule has 3 aromatic rings. The molecule has 1 fully saturated rings. The van der Waals surface area contributed by atoms with Crippen LogP contribution in [-0.2, 0) is 24.4 Å². The van der Waals surface area contributed by atoms with E-state index >= 15 is 0 Å². The smallest absolute Gasteiger partial charge is 0.135 e. The largest absolute Gasteiger partial charge is 0.497 e. The van der Waals surface area contributed by atoms with Crippen molar-refractivity contribution >= 4 is 11.3 Å². The molecule has 5 rings (SSSR count). The van der Waals surface area contributed by atoms with E-state index in [1.165, 1.54) is 4.88 Å². The van der Waals surface area contributed by atoms with Crippen LogP contribution in [0.5, 0.6) is 5.75 Å². The average Bonchev–Trinajstić information content (AvgIpc) is 3.43. The van der Waals surface area contributed by atoms with E-state index in [1.807, 2.05) is 29.7 Å². The lowest BCUT2D eigenvalue weighted by Crippen LogP contribution is -2.44. The first-order chi connectivity index (χ1) is 13.2. The van der Waals surface area contributed by atoms with Gasteiger partial charge in [0.05, 0.1) is 25.5 Å². The predicted molar refractivity (Wildman–Crippen MR) is 106 cm³/mol. The molecule has 2 aliphatic heterocycles. The van der Waals surface area contributed by atoms with Gasteiger partial charge in [0.15, 0.2) is 0 Å². The van der Waals surface area contributed by atoms with E-state index in [9.17, 15) is 0 Å². The van der Waals surface area contributed by atoms with Gasteiger partial charge in [-0.15, -0.1) is 11.3 Å². The minimum atomic E-state index is -0.113. The zero-order chi connectivity index (χ0) is 18.3. The molecule has 5 nitrogen and oxygen atoms in total. The van der Waals surface area contributed by atoms with Crippen molar-refractivity contribution < 1.29 is 9.47 Å². The van der Waals surface area contributed by atoms with Crippen LogP contribution in [0, 0.1) is 0 Å². The number of aromatic nitrogens is 2. The number of methoxy groups -OCH3 is 1. The summed E-state index contributed by atoms with van der Waals surface area (Å²) in [6, 6.07) is 12.5. The molecule has 0 saturated carbocycles. The van der Waals surface area contributed by atoms with Crippen molar-refractivity contribution in [2.24, 2.45) is 0 Å². The Kier molecular flexibility index (Phi) is 4.27. The third kappa shape index (κ3) is 3.18. The molecular weight excluding hydrogens is 358 g/mol. The summed E-state index contributed by atoms with van der Waals surface area (Å²) in [6.45, 7) is 4.51. The van der Waals surface area contributed by atoms with Crippen molar-refractivity contribution in [1.82, 2.24) is 14.5 Å². The van der Waals surface area contributed by atoms with E-state index in [0.29, 0.717) is 6.61 Å². The lowest BCUT2D eigenvalue weighted by atomic mass is 10.0. The summed E-state index contributed by atoms with van der Waals surface area (Å²) in [5.74, 6) is 1.88. The zero-order valence-electron chi connectivity index (χ0n) is 15.4. The van der Waals surface area contributed by atoms with Gasteiger partial charge in [0.25, 0.3) is 0 Å². The molecule has 0 aliphatic carbocycles. The van der Waals surface area contributed by atoms with E-state index in [1.54, 1.807) is 7.11 Å². The lowest BCUT2D eigenvalue weighted by Gasteiger charge is -2.35. The summed E-state index contributed by atoms with van der Waals surface area (Å²) in [5, 5.41) is 2.15. The van der Waals surface area contributed by atoms with Gasteiger partial charge in [-0.2, -0.15) is 0 Å². The van der Waals surface area contributed by atoms with Gasteiger partial charge in [0, 0.05) is 30.1 Å². The monoisotopic (exact) mass is 381 g/mol. The van der Waals surface area contributed by atoms with Crippen LogP contribution in [0.3, 0.4) is 0 Å². The summed E-state index contributed by atoms with van der Waals surface area (Å²) in [7, 11) is 1.70. The Morgan fingerprint density at radius 3 is 3.07 bits per heavy atom. The maximum Gasteiger partial charge on any atom is 0.135 e. The predicted octanol–water partition coefficient (Wildman–Crippen LogP) is 3.80. The number of likely N-dealkylation sites (tertiary alicyclic amines) is 1. The van der Waals surface area contributed by atoms with E-state index in [2.05, 4.69) is 44.1 Å². The second kappa shape index (κ2) is 6.78. The van der Waals surface area contributed by atoms with E-state index in [4.69, 9.17) is 9.47 Å². The van der Waals surface area contributed by atoms with Crippen LogP contribution >= 0.6 is 11.3 Å². The molecular formula is C21H23N3O2S. The molecule has 4 heterocycles. The van der Waals surface area contributed by atoms with E-state index in [-0.39, 0.29) is 5.60 Å². The second-order valence-corrected chi connectivity index (χ2v) is 8.42. The molecule has 1 atom stereocenters. The average molecular weight is 382 g/mol. The standard InChI is InChI=1S/C21H23N3O2S/c1-25-17-5-2-4-16(10-17)19-11-22-20-13-26-21(15-24(19)20)7-8-23(14-21)12-18-6-3-9-27-18/h2-6,9-11H,7-8,12-15H2,1H3/t21-/m1/s1. The molecule has 6 heteroatoms. The number of imidazole rings is 1. The summed E-state index contributed by atoms with van der Waals surface area (Å²) < 4.78 is 14.1. The molecule has 1 spiro atoms. The Bertz CT molecular complexity index is 937. The maximum absolute atomic E-state index is 6.35. The van der Waals surface area contributed by atoms with Crippen molar-refractivity contribution in [3.05, 3.63) is 58.7 Å². The van der Waals surface area contributed by atoms with Crippen molar-refractivity contribution in [2.75, 3.05) is 20.2 Å². The first-order valence-electron chi connectivity index (χ1n) is 9.32. The van der Waals surface area contributed by atoms with Crippen LogP contribution < -0.4 is 4.74 Å². The Labute approximate surface area is 163 Å². The first kappa shape index (κ1) is 17.0. The number of thiophene rings is 1. The summed E-state index contributed by atoms with van der Waals surface area (Å²) in [6.07, 6.45) is 3.03. The number of fused-ring (bicyclic) bond motifs is 1. The van der Waals surface area contributed by atoms with Gasteiger partial charge < -0.3 is 14.0 Å². The number of rotatable bonds is 4. The van der Waals surface area contributed by atoms with Crippen LogP contribution in [0.4, 0.5) is 0 Å². The van der Waals surface area contributed by atoms with Crippen molar-refractivity contribution in [3.63, 3.8) is 0 Å². The third-order valence-electron chi connectivity index (χ3n) is 5.61. The van der Waals surface area contributed by atoms with Crippen molar-refractivity contribution in [2.45, 2.75) is 31.7 Å². The number of hydrogen-bond acceptors (Lipinski definition) is 5. The molecule has 27 heavy (non-hydrogen) atoms. The Hall–Kier alpha value is -2.15. The van der Waals surface area contributed by atoms with E-state index in [0.717, 1.165) is 55.4 Å². The third-order valence-corrected chi connectivity index (χ3v) is 6.47. The SMILES string of the molecule is COc1cccc(-c2cnc3n2C[C@]2(CCN(Cc4cccs4)C2)OC3)c1. The highest BCUT2D eigenvalue weighted by atomic mass is 32.1. The molecule has 2 aromatic heterocycles. The minimum absolute atomic E-state index is 0.113. The van der Waals surface area contributed by atoms with Crippen LogP contribution in [0.25, 0.3) is 11.3 Å². The Morgan fingerprint density at radius 2 is 2.22 bits per heavy atom. The fourth-order valence-electron chi connectivity index (χ4n) is 4.20. The number of benzene rings is 1. The molecule has 0 bridgehead atoms. The fraction of sp³-hybridized carbons (Fsp3) is 0.381. The lowest BCUT2D eigenvalue weighted by molar-refractivity contribution is -0.0821. The highest BCUT2D eigenvalue weighted by Gasteiger charge is 2.43. The van der Waals surface area contributed by atoms with Gasteiger partial charge in [0.1, 0.15) is 23.8 Å². The molecule has 2 aliphatic rings. The number of hydrogen-bond donors (Lipinski definition) is 0. The number of nitrogens with zero attached hydrogens (tertiary/aromatic N) is 3. The molecule has 1 saturated heterocycles. The van der Waals surface area contributed by atoms with Gasteiger partial charge in [-0.1, -0.05) is 18.2 Å². The summed E-state index contributed by atoms with van der Waals surface area (Å²) in [4.78, 5) is 8.54.